The number of rotatable bonds is 7. The third-order valence-electron chi connectivity index (χ3n) is 10.5. The van der Waals surface area contributed by atoms with E-state index in [0.717, 1.165) is 24.8 Å². The molecule has 10 nitrogen and oxygen atoms in total. The summed E-state index contributed by atoms with van der Waals surface area (Å²) in [6, 6.07) is 1.56. The van der Waals surface area contributed by atoms with Crippen molar-refractivity contribution in [2.45, 2.75) is 96.6 Å². The second kappa shape index (κ2) is 12.0. The summed E-state index contributed by atoms with van der Waals surface area (Å²) in [6.07, 6.45) is 9.97. The number of piperidine rings is 1. The van der Waals surface area contributed by atoms with Gasteiger partial charge in [0.25, 0.3) is 11.5 Å². The molecule has 42 heavy (non-hydrogen) atoms. The van der Waals surface area contributed by atoms with Crippen molar-refractivity contribution < 1.29 is 24.6 Å². The first kappa shape index (κ1) is 30.6. The number of amides is 3. The van der Waals surface area contributed by atoms with Crippen LogP contribution in [-0.2, 0) is 11.3 Å². The third-order valence-corrected chi connectivity index (χ3v) is 10.5. The molecule has 10 heteroatoms. The van der Waals surface area contributed by atoms with Crippen LogP contribution in [0.4, 0.5) is 4.79 Å². The predicted octanol–water partition coefficient (Wildman–Crippen LogP) is 3.76. The lowest BCUT2D eigenvalue weighted by molar-refractivity contribution is -0.157. The number of carboxylic acid groups (broad SMARTS) is 1. The van der Waals surface area contributed by atoms with Crippen LogP contribution in [0.2, 0.25) is 0 Å². The van der Waals surface area contributed by atoms with Crippen molar-refractivity contribution in [2.75, 3.05) is 39.3 Å². The van der Waals surface area contributed by atoms with E-state index in [2.05, 4.69) is 0 Å². The molecule has 1 aromatic heterocycles. The molecule has 1 unspecified atom stereocenters. The number of pyridine rings is 1. The smallest absolute Gasteiger partial charge is 0.407 e. The number of aromatic nitrogens is 1. The molecule has 2 N–H and O–H groups in total. The highest BCUT2D eigenvalue weighted by atomic mass is 16.4. The molecular formula is C32H48N4O6. The van der Waals surface area contributed by atoms with Crippen molar-refractivity contribution in [2.24, 2.45) is 17.3 Å². The first-order valence-electron chi connectivity index (χ1n) is 15.9. The number of carbonyl (C=O) groups is 3. The molecule has 0 radical (unpaired) electrons. The molecule has 0 bridgehead atoms. The summed E-state index contributed by atoms with van der Waals surface area (Å²) in [4.78, 5) is 56.6. The lowest BCUT2D eigenvalue weighted by Gasteiger charge is -2.51. The zero-order chi connectivity index (χ0) is 30.2. The van der Waals surface area contributed by atoms with Crippen molar-refractivity contribution in [1.82, 2.24) is 19.3 Å². The molecule has 1 aromatic rings. The molecule has 2 aliphatic heterocycles. The van der Waals surface area contributed by atoms with Crippen LogP contribution >= 0.6 is 0 Å². The third kappa shape index (κ3) is 6.38. The SMILES string of the molecule is CC(CC1CCCCC1)C(=O)N1CC[C@@](O)(Cn2cc(C(=O)N3CCN(C(=O)O)CC3)c(C3CC3)cc2=O)C(C)(C)C1. The Balaban J connectivity index is 1.30. The first-order chi connectivity index (χ1) is 19.9. The number of aliphatic hydroxyl groups is 1. The number of hydrogen-bond acceptors (Lipinski definition) is 5. The summed E-state index contributed by atoms with van der Waals surface area (Å²) >= 11 is 0. The molecule has 2 atom stereocenters. The molecule has 232 valence electrons. The minimum atomic E-state index is -1.24. The van der Waals surface area contributed by atoms with E-state index in [-0.39, 0.29) is 48.8 Å². The van der Waals surface area contributed by atoms with Gasteiger partial charge in [0.05, 0.1) is 17.7 Å². The van der Waals surface area contributed by atoms with Crippen molar-refractivity contribution in [3.63, 3.8) is 0 Å². The molecule has 4 aliphatic rings. The second-order valence-electron chi connectivity index (χ2n) is 14.0. The maximum absolute atomic E-state index is 13.7. The van der Waals surface area contributed by atoms with Crippen molar-refractivity contribution >= 4 is 17.9 Å². The monoisotopic (exact) mass is 584 g/mol. The molecule has 5 rings (SSSR count). The molecule has 2 saturated heterocycles. The molecule has 3 heterocycles. The first-order valence-corrected chi connectivity index (χ1v) is 15.9. The van der Waals surface area contributed by atoms with E-state index in [1.807, 2.05) is 25.7 Å². The van der Waals surface area contributed by atoms with Crippen molar-refractivity contribution in [3.8, 4) is 0 Å². The Morgan fingerprint density at radius 2 is 1.60 bits per heavy atom. The average Bonchev–Trinajstić information content (AvgIpc) is 3.81. The van der Waals surface area contributed by atoms with Crippen LogP contribution in [0.15, 0.2) is 17.1 Å². The highest BCUT2D eigenvalue weighted by Gasteiger charge is 2.49. The number of piperazine rings is 1. The van der Waals surface area contributed by atoms with Crippen LogP contribution in [0.3, 0.4) is 0 Å². The number of carbonyl (C=O) groups excluding carboxylic acids is 2. The molecule has 0 aromatic carbocycles. The summed E-state index contributed by atoms with van der Waals surface area (Å²) in [5, 5.41) is 21.2. The number of hydrogen-bond donors (Lipinski definition) is 2. The van der Waals surface area contributed by atoms with Gasteiger partial charge in [-0.15, -0.1) is 0 Å². The van der Waals surface area contributed by atoms with Gasteiger partial charge in [-0.2, -0.15) is 0 Å². The molecule has 0 spiro atoms. The minimum Gasteiger partial charge on any atom is -0.465 e. The second-order valence-corrected chi connectivity index (χ2v) is 14.0. The van der Waals surface area contributed by atoms with Crippen molar-refractivity contribution in [1.29, 1.82) is 0 Å². The van der Waals surface area contributed by atoms with Gasteiger partial charge >= 0.3 is 6.09 Å². The Morgan fingerprint density at radius 3 is 2.19 bits per heavy atom. The van der Waals surface area contributed by atoms with E-state index in [9.17, 15) is 29.4 Å². The van der Waals surface area contributed by atoms with E-state index in [1.165, 1.54) is 41.6 Å². The van der Waals surface area contributed by atoms with E-state index in [1.54, 1.807) is 17.2 Å². The van der Waals surface area contributed by atoms with Gasteiger partial charge in [-0.05, 0) is 43.1 Å². The summed E-state index contributed by atoms with van der Waals surface area (Å²) in [5.74, 6) is 0.706. The Hall–Kier alpha value is -2.88. The van der Waals surface area contributed by atoms with Gasteiger partial charge in [-0.1, -0.05) is 52.9 Å². The Bertz CT molecular complexity index is 1240. The fraction of sp³-hybridized carbons (Fsp3) is 0.750. The quantitative estimate of drug-likeness (QED) is 0.503. The molecule has 3 amide bonds. The van der Waals surface area contributed by atoms with Crippen LogP contribution in [0, 0.1) is 17.3 Å². The Morgan fingerprint density at radius 1 is 0.952 bits per heavy atom. The van der Waals surface area contributed by atoms with Gasteiger partial charge in [-0.25, -0.2) is 4.79 Å². The number of likely N-dealkylation sites (tertiary alicyclic amines) is 1. The maximum Gasteiger partial charge on any atom is 0.407 e. The summed E-state index contributed by atoms with van der Waals surface area (Å²) in [5.41, 5.74) is -0.938. The summed E-state index contributed by atoms with van der Waals surface area (Å²) in [7, 11) is 0. The predicted molar refractivity (Wildman–Crippen MR) is 158 cm³/mol. The van der Waals surface area contributed by atoms with E-state index < -0.39 is 17.1 Å². The normalized spacial score (nSPS) is 25.8. The largest absolute Gasteiger partial charge is 0.465 e. The summed E-state index contributed by atoms with van der Waals surface area (Å²) < 4.78 is 1.47. The zero-order valence-corrected chi connectivity index (χ0v) is 25.5. The fourth-order valence-corrected chi connectivity index (χ4v) is 7.35. The molecular weight excluding hydrogens is 536 g/mol. The Kier molecular flexibility index (Phi) is 8.75. The lowest BCUT2D eigenvalue weighted by Crippen LogP contribution is -2.61. The van der Waals surface area contributed by atoms with E-state index in [0.29, 0.717) is 44.1 Å². The Labute approximate surface area is 248 Å². The zero-order valence-electron chi connectivity index (χ0n) is 25.5. The van der Waals surface area contributed by atoms with Gasteiger partial charge in [-0.3, -0.25) is 14.4 Å². The maximum atomic E-state index is 13.7. The highest BCUT2D eigenvalue weighted by Crippen LogP contribution is 2.43. The van der Waals surface area contributed by atoms with Crippen LogP contribution < -0.4 is 5.56 Å². The molecule has 2 aliphatic carbocycles. The van der Waals surface area contributed by atoms with E-state index >= 15 is 0 Å². The van der Waals surface area contributed by atoms with Crippen LogP contribution in [0.1, 0.15) is 100 Å². The topological polar surface area (TPSA) is 123 Å². The lowest BCUT2D eigenvalue weighted by atomic mass is 9.69. The standard InChI is InChI=1S/C32H48N4O6/c1-22(17-23-7-5-4-6-8-23)28(38)35-12-11-32(42,31(2,3)20-35)21-36-19-26(25(18-27(36)37)24-9-10-24)29(39)33-13-15-34(16-14-33)30(40)41/h18-19,22-24,42H,4-17,20-21H2,1-3H3,(H,40,41)/t22?,32-/m1/s1. The van der Waals surface area contributed by atoms with Gasteiger partial charge in [0.1, 0.15) is 0 Å². The van der Waals surface area contributed by atoms with Crippen molar-refractivity contribution in [3.05, 3.63) is 33.7 Å². The minimum absolute atomic E-state index is 0.0382. The van der Waals surface area contributed by atoms with Crippen LogP contribution in [-0.4, -0.2) is 92.3 Å². The highest BCUT2D eigenvalue weighted by molar-refractivity contribution is 5.96. The van der Waals surface area contributed by atoms with Gasteiger partial charge in [0.15, 0.2) is 0 Å². The summed E-state index contributed by atoms with van der Waals surface area (Å²) in [6.45, 7) is 7.93. The van der Waals surface area contributed by atoms with E-state index in [4.69, 9.17) is 0 Å². The molecule has 2 saturated carbocycles. The van der Waals surface area contributed by atoms with Gasteiger partial charge in [0.2, 0.25) is 5.91 Å². The van der Waals surface area contributed by atoms with Crippen LogP contribution in [0.25, 0.3) is 0 Å². The number of nitrogens with zero attached hydrogens (tertiary/aromatic N) is 4. The molecule has 4 fully saturated rings. The fourth-order valence-electron chi connectivity index (χ4n) is 7.35. The van der Waals surface area contributed by atoms with Gasteiger partial charge < -0.3 is 29.5 Å². The van der Waals surface area contributed by atoms with Gasteiger partial charge in [0, 0.05) is 62.9 Å². The van der Waals surface area contributed by atoms with Crippen LogP contribution in [0.5, 0.6) is 0 Å². The average molecular weight is 585 g/mol.